The number of H-pyrrole nitrogens is 1. The molecular formula is C24H22F5N3O2. The molecule has 2 aromatic heterocycles. The normalized spacial score (nSPS) is 25.1. The lowest BCUT2D eigenvalue weighted by molar-refractivity contribution is -0.229. The predicted octanol–water partition coefficient (Wildman–Crippen LogP) is 5.08. The number of carbonyl (C=O) groups is 1. The van der Waals surface area contributed by atoms with Crippen molar-refractivity contribution in [3.8, 4) is 0 Å². The lowest BCUT2D eigenvalue weighted by Crippen LogP contribution is -2.38. The minimum atomic E-state index is -4.58. The minimum absolute atomic E-state index is 0.0658. The average molecular weight is 479 g/mol. The number of primary amides is 1. The fourth-order valence-electron chi connectivity index (χ4n) is 5.31. The molecule has 3 aromatic rings. The lowest BCUT2D eigenvalue weighted by atomic mass is 9.74. The van der Waals surface area contributed by atoms with Gasteiger partial charge in [-0.2, -0.15) is 13.2 Å². The van der Waals surface area contributed by atoms with E-state index in [1.807, 2.05) is 0 Å². The van der Waals surface area contributed by atoms with Crippen LogP contribution in [0.5, 0.6) is 0 Å². The van der Waals surface area contributed by atoms with E-state index < -0.39 is 52.3 Å². The monoisotopic (exact) mass is 479 g/mol. The molecule has 2 heterocycles. The number of halogens is 5. The Hall–Kier alpha value is -3.30. The third-order valence-corrected chi connectivity index (χ3v) is 7.40. The highest BCUT2D eigenvalue weighted by Crippen LogP contribution is 2.64. The van der Waals surface area contributed by atoms with Gasteiger partial charge in [0.2, 0.25) is 0 Å². The summed E-state index contributed by atoms with van der Waals surface area (Å²) in [7, 11) is 0. The molecule has 0 aliphatic heterocycles. The summed E-state index contributed by atoms with van der Waals surface area (Å²) in [6, 6.07) is 4.76. The number of amides is 1. The number of alkyl halides is 3. The highest BCUT2D eigenvalue weighted by Gasteiger charge is 2.62. The van der Waals surface area contributed by atoms with Gasteiger partial charge in [0.25, 0.3) is 5.91 Å². The SMILES string of the molecule is Cc1c(C2C(c3cc(=O)c4c(C(N)=O)nccc4[nH]3)C[C@@](C)(C(F)(F)F)[C@H]2C)ccc(F)c1F. The van der Waals surface area contributed by atoms with Gasteiger partial charge in [0.05, 0.1) is 16.3 Å². The first kappa shape index (κ1) is 23.8. The number of pyridine rings is 2. The summed E-state index contributed by atoms with van der Waals surface area (Å²) in [5, 5.41) is -0.0658. The van der Waals surface area contributed by atoms with Crippen LogP contribution in [0.3, 0.4) is 0 Å². The van der Waals surface area contributed by atoms with E-state index in [-0.39, 0.29) is 39.8 Å². The van der Waals surface area contributed by atoms with Crippen molar-refractivity contribution in [1.29, 1.82) is 0 Å². The Labute approximate surface area is 191 Å². The number of nitrogens with one attached hydrogen (secondary N) is 1. The van der Waals surface area contributed by atoms with Gasteiger partial charge in [-0.25, -0.2) is 8.78 Å². The van der Waals surface area contributed by atoms with Crippen molar-refractivity contribution in [2.75, 3.05) is 0 Å². The summed E-state index contributed by atoms with van der Waals surface area (Å²) in [4.78, 5) is 31.4. The number of nitrogens with two attached hydrogens (primary N) is 1. The lowest BCUT2D eigenvalue weighted by Gasteiger charge is -2.34. The third-order valence-electron chi connectivity index (χ3n) is 7.40. The van der Waals surface area contributed by atoms with Crippen LogP contribution in [0.25, 0.3) is 10.9 Å². The Balaban J connectivity index is 1.96. The minimum Gasteiger partial charge on any atom is -0.364 e. The summed E-state index contributed by atoms with van der Waals surface area (Å²) < 4.78 is 70.9. The number of hydrogen-bond donors (Lipinski definition) is 2. The van der Waals surface area contributed by atoms with Crippen LogP contribution >= 0.6 is 0 Å². The number of benzene rings is 1. The zero-order valence-electron chi connectivity index (χ0n) is 18.6. The van der Waals surface area contributed by atoms with Gasteiger partial charge >= 0.3 is 6.18 Å². The summed E-state index contributed by atoms with van der Waals surface area (Å²) in [5.74, 6) is -5.88. The van der Waals surface area contributed by atoms with Gasteiger partial charge in [-0.05, 0) is 48.4 Å². The number of aromatic nitrogens is 2. The van der Waals surface area contributed by atoms with Crippen LogP contribution in [0.2, 0.25) is 0 Å². The van der Waals surface area contributed by atoms with Gasteiger partial charge < -0.3 is 10.7 Å². The first-order valence-corrected chi connectivity index (χ1v) is 10.6. The summed E-state index contributed by atoms with van der Waals surface area (Å²) in [6.45, 7) is 3.87. The highest BCUT2D eigenvalue weighted by molar-refractivity contribution is 6.03. The Morgan fingerprint density at radius 1 is 1.24 bits per heavy atom. The number of rotatable bonds is 3. The van der Waals surface area contributed by atoms with Crippen LogP contribution < -0.4 is 11.2 Å². The number of aromatic amines is 1. The van der Waals surface area contributed by atoms with E-state index in [4.69, 9.17) is 5.73 Å². The zero-order valence-corrected chi connectivity index (χ0v) is 18.6. The van der Waals surface area contributed by atoms with E-state index in [0.717, 1.165) is 19.1 Å². The first-order chi connectivity index (χ1) is 15.8. The van der Waals surface area contributed by atoms with Crippen molar-refractivity contribution in [1.82, 2.24) is 9.97 Å². The van der Waals surface area contributed by atoms with Crippen LogP contribution in [0.4, 0.5) is 22.0 Å². The molecule has 1 aliphatic rings. The molecule has 2 unspecified atom stereocenters. The molecule has 0 spiro atoms. The van der Waals surface area contributed by atoms with Crippen LogP contribution in [-0.4, -0.2) is 22.1 Å². The summed E-state index contributed by atoms with van der Waals surface area (Å²) in [5.41, 5.74) is 2.85. The molecule has 5 nitrogen and oxygen atoms in total. The van der Waals surface area contributed by atoms with Crippen LogP contribution in [0, 0.1) is 29.9 Å². The standard InChI is InChI=1S/C24H22F5N3O2/c1-10-12(4-5-14(25)20(10)26)18-11(2)23(3,24(27,28)29)9-13(18)16-8-17(33)19-15(32-16)6-7-31-21(19)22(30)34/h4-8,11,13,18H,9H2,1-3H3,(H2,30,34)(H,32,33)/t11-,13?,18?,23+/m0/s1. The molecule has 34 heavy (non-hydrogen) atoms. The van der Waals surface area contributed by atoms with Gasteiger partial charge in [0.1, 0.15) is 5.69 Å². The molecule has 10 heteroatoms. The van der Waals surface area contributed by atoms with Crippen molar-refractivity contribution in [3.63, 3.8) is 0 Å². The van der Waals surface area contributed by atoms with E-state index in [1.54, 1.807) is 0 Å². The smallest absolute Gasteiger partial charge is 0.364 e. The highest BCUT2D eigenvalue weighted by atomic mass is 19.4. The zero-order chi connectivity index (χ0) is 25.2. The maximum absolute atomic E-state index is 14.4. The maximum atomic E-state index is 14.4. The average Bonchev–Trinajstić information content (AvgIpc) is 3.03. The Morgan fingerprint density at radius 2 is 1.91 bits per heavy atom. The van der Waals surface area contributed by atoms with Gasteiger partial charge in [-0.1, -0.05) is 19.9 Å². The molecule has 1 amide bonds. The van der Waals surface area contributed by atoms with Crippen LogP contribution in [0.15, 0.2) is 35.3 Å². The molecule has 1 fully saturated rings. The molecule has 1 aliphatic carbocycles. The quantitative estimate of drug-likeness (QED) is 0.514. The second kappa shape index (κ2) is 7.89. The Kier molecular flexibility index (Phi) is 5.53. The Morgan fingerprint density at radius 3 is 2.53 bits per heavy atom. The topological polar surface area (TPSA) is 88.8 Å². The number of hydrogen-bond acceptors (Lipinski definition) is 3. The van der Waals surface area contributed by atoms with Crippen molar-refractivity contribution < 1.29 is 26.7 Å². The molecule has 4 atom stereocenters. The van der Waals surface area contributed by atoms with Crippen molar-refractivity contribution in [2.45, 2.75) is 45.2 Å². The molecule has 0 radical (unpaired) electrons. The molecule has 3 N–H and O–H groups in total. The van der Waals surface area contributed by atoms with E-state index in [9.17, 15) is 31.5 Å². The fraction of sp³-hybridized carbons (Fsp3) is 0.375. The third kappa shape index (κ3) is 3.47. The van der Waals surface area contributed by atoms with Crippen LogP contribution in [0.1, 0.15) is 59.4 Å². The van der Waals surface area contributed by atoms with Crippen molar-refractivity contribution in [2.24, 2.45) is 17.1 Å². The molecule has 1 aromatic carbocycles. The molecule has 4 rings (SSSR count). The first-order valence-electron chi connectivity index (χ1n) is 10.6. The molecule has 180 valence electrons. The largest absolute Gasteiger partial charge is 0.394 e. The number of nitrogens with zero attached hydrogens (tertiary/aromatic N) is 1. The van der Waals surface area contributed by atoms with E-state index >= 15 is 0 Å². The predicted molar refractivity (Wildman–Crippen MR) is 115 cm³/mol. The number of carbonyl (C=O) groups excluding carboxylic acids is 1. The second-order valence-electron chi connectivity index (χ2n) is 9.15. The fourth-order valence-corrected chi connectivity index (χ4v) is 5.31. The van der Waals surface area contributed by atoms with Gasteiger partial charge in [-0.15, -0.1) is 0 Å². The van der Waals surface area contributed by atoms with E-state index in [0.29, 0.717) is 0 Å². The van der Waals surface area contributed by atoms with E-state index in [1.165, 1.54) is 32.2 Å². The number of fused-ring (bicyclic) bond motifs is 1. The Bertz CT molecular complexity index is 1370. The maximum Gasteiger partial charge on any atom is 0.394 e. The second-order valence-corrected chi connectivity index (χ2v) is 9.15. The molecule has 0 saturated heterocycles. The van der Waals surface area contributed by atoms with Gasteiger partial charge in [0.15, 0.2) is 17.1 Å². The summed E-state index contributed by atoms with van der Waals surface area (Å²) >= 11 is 0. The molecule has 1 saturated carbocycles. The van der Waals surface area contributed by atoms with Gasteiger partial charge in [0, 0.05) is 23.9 Å². The van der Waals surface area contributed by atoms with Crippen molar-refractivity contribution in [3.05, 3.63) is 74.8 Å². The summed E-state index contributed by atoms with van der Waals surface area (Å²) in [6.07, 6.45) is -3.70. The molecular weight excluding hydrogens is 457 g/mol. The van der Waals surface area contributed by atoms with E-state index in [2.05, 4.69) is 9.97 Å². The van der Waals surface area contributed by atoms with Crippen LogP contribution in [-0.2, 0) is 0 Å². The molecule has 0 bridgehead atoms. The van der Waals surface area contributed by atoms with Gasteiger partial charge in [-0.3, -0.25) is 14.6 Å². The van der Waals surface area contributed by atoms with Crippen molar-refractivity contribution >= 4 is 16.8 Å².